The third-order valence-electron chi connectivity index (χ3n) is 4.78. The lowest BCUT2D eigenvalue weighted by Gasteiger charge is -2.18. The fourth-order valence-electron chi connectivity index (χ4n) is 3.40. The van der Waals surface area contributed by atoms with Gasteiger partial charge < -0.3 is 19.7 Å². The number of amides is 1. The molecule has 0 saturated heterocycles. The highest BCUT2D eigenvalue weighted by Crippen LogP contribution is 2.34. The molecular formula is C20H18FN5O3S. The minimum Gasteiger partial charge on any atom is -0.486 e. The van der Waals surface area contributed by atoms with Crippen molar-refractivity contribution in [2.45, 2.75) is 11.7 Å². The van der Waals surface area contributed by atoms with Gasteiger partial charge in [0.2, 0.25) is 11.9 Å². The van der Waals surface area contributed by atoms with Gasteiger partial charge in [-0.1, -0.05) is 11.8 Å². The number of aromatic nitrogens is 3. The molecule has 8 nitrogen and oxygen atoms in total. The number of halogens is 1. The Morgan fingerprint density at radius 3 is 2.70 bits per heavy atom. The summed E-state index contributed by atoms with van der Waals surface area (Å²) in [5, 5.41) is 12.0. The zero-order valence-corrected chi connectivity index (χ0v) is 16.7. The first-order valence-electron chi connectivity index (χ1n) is 9.46. The number of anilines is 3. The van der Waals surface area contributed by atoms with Crippen molar-refractivity contribution < 1.29 is 18.7 Å². The standard InChI is InChI=1S/C20H18FN5O3S/c21-13-1-4-15(5-2-13)25-7-8-26-19(25)23-24-20(26)30-12-18(27)22-14-3-6-16-17(11-14)29-10-9-28-16/h1-6,11H,7-10,12H2,(H,22,27). The van der Waals surface area contributed by atoms with Crippen LogP contribution in [0, 0.1) is 5.82 Å². The van der Waals surface area contributed by atoms with E-state index in [0.717, 1.165) is 5.69 Å². The molecule has 5 rings (SSSR count). The van der Waals surface area contributed by atoms with Crippen molar-refractivity contribution in [3.8, 4) is 11.5 Å². The SMILES string of the molecule is O=C(CSc1nnc2n1CCN2c1ccc(F)cc1)Nc1ccc2c(c1)OCCO2. The van der Waals surface area contributed by atoms with Crippen molar-refractivity contribution in [3.05, 3.63) is 48.3 Å². The molecule has 1 aromatic heterocycles. The van der Waals surface area contributed by atoms with Gasteiger partial charge in [0.15, 0.2) is 16.7 Å². The number of hydrogen-bond donors (Lipinski definition) is 1. The fraction of sp³-hybridized carbons (Fsp3) is 0.250. The van der Waals surface area contributed by atoms with E-state index in [9.17, 15) is 9.18 Å². The normalized spacial score (nSPS) is 14.5. The van der Waals surface area contributed by atoms with E-state index in [-0.39, 0.29) is 17.5 Å². The Morgan fingerprint density at radius 1 is 1.07 bits per heavy atom. The predicted molar refractivity (Wildman–Crippen MR) is 110 cm³/mol. The van der Waals surface area contributed by atoms with Crippen LogP contribution in [0.1, 0.15) is 0 Å². The van der Waals surface area contributed by atoms with Crippen LogP contribution in [0.5, 0.6) is 11.5 Å². The molecule has 30 heavy (non-hydrogen) atoms. The number of carbonyl (C=O) groups excluding carboxylic acids is 1. The van der Waals surface area contributed by atoms with Crippen LogP contribution in [0.15, 0.2) is 47.6 Å². The largest absolute Gasteiger partial charge is 0.486 e. The van der Waals surface area contributed by atoms with E-state index in [2.05, 4.69) is 15.5 Å². The van der Waals surface area contributed by atoms with Crippen LogP contribution in [-0.2, 0) is 11.3 Å². The second-order valence-electron chi connectivity index (χ2n) is 6.76. The van der Waals surface area contributed by atoms with Gasteiger partial charge in [-0.05, 0) is 36.4 Å². The van der Waals surface area contributed by atoms with Crippen molar-refractivity contribution in [2.24, 2.45) is 0 Å². The Labute approximate surface area is 176 Å². The van der Waals surface area contributed by atoms with Crippen LogP contribution in [0.4, 0.5) is 21.7 Å². The summed E-state index contributed by atoms with van der Waals surface area (Å²) in [5.74, 6) is 1.77. The van der Waals surface area contributed by atoms with Gasteiger partial charge >= 0.3 is 0 Å². The molecule has 1 amide bonds. The van der Waals surface area contributed by atoms with E-state index in [1.54, 1.807) is 30.3 Å². The molecule has 0 unspecified atom stereocenters. The van der Waals surface area contributed by atoms with Crippen LogP contribution >= 0.6 is 11.8 Å². The number of nitrogens with one attached hydrogen (secondary N) is 1. The zero-order valence-electron chi connectivity index (χ0n) is 15.9. The maximum atomic E-state index is 13.2. The molecule has 0 spiro atoms. The van der Waals surface area contributed by atoms with Gasteiger partial charge in [-0.3, -0.25) is 9.36 Å². The number of carbonyl (C=O) groups is 1. The first-order valence-corrected chi connectivity index (χ1v) is 10.4. The maximum absolute atomic E-state index is 13.2. The fourth-order valence-corrected chi connectivity index (χ4v) is 4.16. The van der Waals surface area contributed by atoms with Gasteiger partial charge in [-0.15, -0.1) is 10.2 Å². The predicted octanol–water partition coefficient (Wildman–Crippen LogP) is 3.07. The van der Waals surface area contributed by atoms with Gasteiger partial charge in [-0.2, -0.15) is 0 Å². The third-order valence-corrected chi connectivity index (χ3v) is 5.75. The Morgan fingerprint density at radius 2 is 1.87 bits per heavy atom. The van der Waals surface area contributed by atoms with E-state index in [0.29, 0.717) is 54.6 Å². The molecule has 2 aliphatic rings. The lowest BCUT2D eigenvalue weighted by Crippen LogP contribution is -2.17. The molecule has 0 radical (unpaired) electrons. The highest BCUT2D eigenvalue weighted by atomic mass is 32.2. The van der Waals surface area contributed by atoms with Crippen molar-refractivity contribution >= 4 is 35.0 Å². The quantitative estimate of drug-likeness (QED) is 0.627. The number of nitrogens with zero attached hydrogens (tertiary/aromatic N) is 4. The highest BCUT2D eigenvalue weighted by Gasteiger charge is 2.26. The van der Waals surface area contributed by atoms with E-state index >= 15 is 0 Å². The summed E-state index contributed by atoms with van der Waals surface area (Å²) >= 11 is 1.32. The summed E-state index contributed by atoms with van der Waals surface area (Å²) in [6, 6.07) is 11.6. The Balaban J connectivity index is 1.22. The number of fused-ring (bicyclic) bond motifs is 2. The molecule has 2 aliphatic heterocycles. The molecule has 10 heteroatoms. The number of rotatable bonds is 5. The first kappa shape index (κ1) is 18.7. The Hall–Kier alpha value is -3.27. The van der Waals surface area contributed by atoms with Crippen molar-refractivity contribution in [3.63, 3.8) is 0 Å². The van der Waals surface area contributed by atoms with Gasteiger partial charge in [0.25, 0.3) is 0 Å². The highest BCUT2D eigenvalue weighted by molar-refractivity contribution is 7.99. The van der Waals surface area contributed by atoms with Crippen molar-refractivity contribution in [1.29, 1.82) is 0 Å². The third kappa shape index (κ3) is 3.65. The summed E-state index contributed by atoms with van der Waals surface area (Å²) in [7, 11) is 0. The van der Waals surface area contributed by atoms with Crippen LogP contribution in [0.2, 0.25) is 0 Å². The molecule has 1 N–H and O–H groups in total. The molecular weight excluding hydrogens is 409 g/mol. The van der Waals surface area contributed by atoms with Crippen molar-refractivity contribution in [1.82, 2.24) is 14.8 Å². The monoisotopic (exact) mass is 427 g/mol. The summed E-state index contributed by atoms with van der Waals surface area (Å²) in [5.41, 5.74) is 1.51. The summed E-state index contributed by atoms with van der Waals surface area (Å²) in [6.07, 6.45) is 0. The van der Waals surface area contributed by atoms with E-state index < -0.39 is 0 Å². The Kier molecular flexibility index (Phi) is 4.91. The Bertz CT molecular complexity index is 1090. The minimum atomic E-state index is -0.278. The van der Waals surface area contributed by atoms with Crippen LogP contribution < -0.4 is 19.7 Å². The van der Waals surface area contributed by atoms with Gasteiger partial charge in [0.05, 0.1) is 5.75 Å². The molecule has 154 valence electrons. The molecule has 0 fully saturated rings. The van der Waals surface area contributed by atoms with Crippen LogP contribution in [-0.4, -0.2) is 46.2 Å². The van der Waals surface area contributed by atoms with E-state index in [1.165, 1.54) is 23.9 Å². The second-order valence-corrected chi connectivity index (χ2v) is 7.70. The molecule has 3 aromatic rings. The minimum absolute atomic E-state index is 0.151. The number of benzene rings is 2. The van der Waals surface area contributed by atoms with Crippen LogP contribution in [0.25, 0.3) is 0 Å². The first-order chi connectivity index (χ1) is 14.7. The second kappa shape index (κ2) is 7.86. The molecule has 0 bridgehead atoms. The topological polar surface area (TPSA) is 81.5 Å². The van der Waals surface area contributed by atoms with Gasteiger partial charge in [0.1, 0.15) is 19.0 Å². The zero-order chi connectivity index (χ0) is 20.5. The number of thioether (sulfide) groups is 1. The van der Waals surface area contributed by atoms with E-state index in [1.807, 2.05) is 9.47 Å². The number of ether oxygens (including phenoxy) is 2. The number of hydrogen-bond acceptors (Lipinski definition) is 7. The van der Waals surface area contributed by atoms with E-state index in [4.69, 9.17) is 9.47 Å². The summed E-state index contributed by atoms with van der Waals surface area (Å²) in [6.45, 7) is 2.43. The average Bonchev–Trinajstić information content (AvgIpc) is 3.35. The molecule has 0 aliphatic carbocycles. The lowest BCUT2D eigenvalue weighted by atomic mass is 10.2. The smallest absolute Gasteiger partial charge is 0.234 e. The molecule has 3 heterocycles. The molecule has 0 saturated carbocycles. The lowest BCUT2D eigenvalue weighted by molar-refractivity contribution is -0.113. The average molecular weight is 427 g/mol. The van der Waals surface area contributed by atoms with Gasteiger partial charge in [-0.25, -0.2) is 4.39 Å². The molecule has 2 aromatic carbocycles. The van der Waals surface area contributed by atoms with Crippen molar-refractivity contribution in [2.75, 3.05) is 35.7 Å². The van der Waals surface area contributed by atoms with Crippen LogP contribution in [0.3, 0.4) is 0 Å². The summed E-state index contributed by atoms with van der Waals surface area (Å²) < 4.78 is 26.2. The van der Waals surface area contributed by atoms with Gasteiger partial charge in [0, 0.05) is 30.5 Å². The summed E-state index contributed by atoms with van der Waals surface area (Å²) in [4.78, 5) is 14.4. The molecule has 0 atom stereocenters. The maximum Gasteiger partial charge on any atom is 0.234 e.